The average molecular weight is 188 g/mol. The van der Waals surface area contributed by atoms with Gasteiger partial charge in [0.25, 0.3) is 0 Å². The van der Waals surface area contributed by atoms with E-state index in [1.165, 1.54) is 6.07 Å². The maximum Gasteiger partial charge on any atom is 0.127 e. The first-order valence-corrected chi connectivity index (χ1v) is 4.26. The molecule has 0 radical (unpaired) electrons. The highest BCUT2D eigenvalue weighted by Crippen LogP contribution is 2.14. The molecule has 0 aliphatic rings. The average Bonchev–Trinajstić information content (AvgIpc) is 2.07. The van der Waals surface area contributed by atoms with Crippen molar-refractivity contribution in [1.29, 1.82) is 0 Å². The first-order chi connectivity index (χ1) is 5.74. The number of halogens is 2. The van der Waals surface area contributed by atoms with E-state index in [1.807, 2.05) is 6.92 Å². The zero-order valence-electron chi connectivity index (χ0n) is 6.90. The van der Waals surface area contributed by atoms with Crippen molar-refractivity contribution in [3.05, 3.63) is 34.6 Å². The van der Waals surface area contributed by atoms with Crippen LogP contribution in [0.5, 0.6) is 0 Å². The summed E-state index contributed by atoms with van der Waals surface area (Å²) in [4.78, 5) is 0. The third-order valence-electron chi connectivity index (χ3n) is 1.57. The van der Waals surface area contributed by atoms with E-state index < -0.39 is 0 Å². The van der Waals surface area contributed by atoms with Crippen LogP contribution in [-0.4, -0.2) is 6.54 Å². The maximum atomic E-state index is 13.0. The molecule has 12 heavy (non-hydrogen) atoms. The Balaban J connectivity index is 2.75. The second kappa shape index (κ2) is 4.43. The first-order valence-electron chi connectivity index (χ1n) is 3.88. The quantitative estimate of drug-likeness (QED) is 0.767. The Morgan fingerprint density at radius 2 is 2.25 bits per heavy atom. The Morgan fingerprint density at radius 1 is 1.50 bits per heavy atom. The summed E-state index contributed by atoms with van der Waals surface area (Å²) in [5, 5.41) is 3.61. The molecule has 1 N–H and O–H groups in total. The Bertz CT molecular complexity index is 263. The minimum absolute atomic E-state index is 0.208. The molecule has 0 spiro atoms. The van der Waals surface area contributed by atoms with Crippen LogP contribution in [0.4, 0.5) is 4.39 Å². The van der Waals surface area contributed by atoms with Crippen molar-refractivity contribution in [2.24, 2.45) is 0 Å². The monoisotopic (exact) mass is 187 g/mol. The van der Waals surface area contributed by atoms with Gasteiger partial charge in [0.05, 0.1) is 0 Å². The van der Waals surface area contributed by atoms with Gasteiger partial charge in [0, 0.05) is 17.1 Å². The highest BCUT2D eigenvalue weighted by atomic mass is 35.5. The summed E-state index contributed by atoms with van der Waals surface area (Å²) in [6.07, 6.45) is 0. The predicted molar refractivity (Wildman–Crippen MR) is 48.8 cm³/mol. The van der Waals surface area contributed by atoms with Gasteiger partial charge in [-0.25, -0.2) is 4.39 Å². The molecule has 0 atom stereocenters. The summed E-state index contributed by atoms with van der Waals surface area (Å²) in [5.74, 6) is -0.208. The lowest BCUT2D eigenvalue weighted by atomic mass is 10.2. The molecule has 3 heteroatoms. The standard InChI is InChI=1S/C9H11ClFN/c1-2-12-6-7-5-8(10)3-4-9(7)11/h3-5,12H,2,6H2,1H3. The molecule has 0 aromatic heterocycles. The van der Waals surface area contributed by atoms with Gasteiger partial charge in [-0.2, -0.15) is 0 Å². The van der Waals surface area contributed by atoms with Gasteiger partial charge in [-0.3, -0.25) is 0 Å². The Hall–Kier alpha value is -0.600. The highest BCUT2D eigenvalue weighted by molar-refractivity contribution is 6.30. The van der Waals surface area contributed by atoms with Gasteiger partial charge in [0.15, 0.2) is 0 Å². The van der Waals surface area contributed by atoms with Crippen LogP contribution in [-0.2, 0) is 6.54 Å². The lowest BCUT2D eigenvalue weighted by Crippen LogP contribution is -2.12. The first kappa shape index (κ1) is 9.49. The van der Waals surface area contributed by atoms with E-state index in [9.17, 15) is 4.39 Å². The minimum Gasteiger partial charge on any atom is -0.313 e. The second-order valence-corrected chi connectivity index (χ2v) is 2.95. The van der Waals surface area contributed by atoms with Crippen molar-refractivity contribution < 1.29 is 4.39 Å². The van der Waals surface area contributed by atoms with Crippen LogP contribution in [0.2, 0.25) is 5.02 Å². The minimum atomic E-state index is -0.208. The van der Waals surface area contributed by atoms with Gasteiger partial charge in [-0.15, -0.1) is 0 Å². The van der Waals surface area contributed by atoms with E-state index in [-0.39, 0.29) is 5.82 Å². The highest BCUT2D eigenvalue weighted by Gasteiger charge is 2.00. The number of hydrogen-bond acceptors (Lipinski definition) is 1. The zero-order chi connectivity index (χ0) is 8.97. The molecule has 1 aromatic carbocycles. The number of benzene rings is 1. The molecule has 0 saturated heterocycles. The van der Waals surface area contributed by atoms with Crippen molar-refractivity contribution in [3.8, 4) is 0 Å². The van der Waals surface area contributed by atoms with Gasteiger partial charge in [0.1, 0.15) is 5.82 Å². The molecule has 0 aliphatic carbocycles. The second-order valence-electron chi connectivity index (χ2n) is 2.52. The van der Waals surface area contributed by atoms with E-state index in [0.29, 0.717) is 17.1 Å². The van der Waals surface area contributed by atoms with E-state index >= 15 is 0 Å². The van der Waals surface area contributed by atoms with Crippen LogP contribution < -0.4 is 5.32 Å². The summed E-state index contributed by atoms with van der Waals surface area (Å²) in [6.45, 7) is 3.33. The summed E-state index contributed by atoms with van der Waals surface area (Å²) < 4.78 is 13.0. The van der Waals surface area contributed by atoms with Crippen LogP contribution in [0, 0.1) is 5.82 Å². The molecule has 0 saturated carbocycles. The van der Waals surface area contributed by atoms with Crippen LogP contribution >= 0.6 is 11.6 Å². The molecule has 0 aliphatic heterocycles. The van der Waals surface area contributed by atoms with Crippen molar-refractivity contribution >= 4 is 11.6 Å². The fraction of sp³-hybridized carbons (Fsp3) is 0.333. The fourth-order valence-corrected chi connectivity index (χ4v) is 1.13. The zero-order valence-corrected chi connectivity index (χ0v) is 7.66. The molecule has 1 nitrogen and oxygen atoms in total. The molecular weight excluding hydrogens is 177 g/mol. The van der Waals surface area contributed by atoms with E-state index in [1.54, 1.807) is 12.1 Å². The summed E-state index contributed by atoms with van der Waals surface area (Å²) >= 11 is 5.70. The normalized spacial score (nSPS) is 10.2. The topological polar surface area (TPSA) is 12.0 Å². The number of nitrogens with one attached hydrogen (secondary N) is 1. The molecule has 0 heterocycles. The fourth-order valence-electron chi connectivity index (χ4n) is 0.938. The van der Waals surface area contributed by atoms with Gasteiger partial charge >= 0.3 is 0 Å². The maximum absolute atomic E-state index is 13.0. The van der Waals surface area contributed by atoms with Gasteiger partial charge in [-0.05, 0) is 24.7 Å². The molecule has 1 aromatic rings. The number of hydrogen-bond donors (Lipinski definition) is 1. The van der Waals surface area contributed by atoms with E-state index in [2.05, 4.69) is 5.32 Å². The molecule has 66 valence electrons. The summed E-state index contributed by atoms with van der Waals surface area (Å²) in [6, 6.07) is 4.57. The molecule has 0 unspecified atom stereocenters. The third kappa shape index (κ3) is 2.47. The molecule has 0 bridgehead atoms. The Kier molecular flexibility index (Phi) is 3.50. The van der Waals surface area contributed by atoms with Crippen molar-refractivity contribution in [2.75, 3.05) is 6.54 Å². The predicted octanol–water partition coefficient (Wildman–Crippen LogP) is 2.59. The smallest absolute Gasteiger partial charge is 0.127 e. The van der Waals surface area contributed by atoms with Crippen LogP contribution in [0.15, 0.2) is 18.2 Å². The lowest BCUT2D eigenvalue weighted by Gasteiger charge is -2.03. The van der Waals surface area contributed by atoms with Crippen molar-refractivity contribution in [1.82, 2.24) is 5.32 Å². The van der Waals surface area contributed by atoms with Gasteiger partial charge < -0.3 is 5.32 Å². The summed E-state index contributed by atoms with van der Waals surface area (Å²) in [5.41, 5.74) is 0.615. The van der Waals surface area contributed by atoms with E-state index in [0.717, 1.165) is 6.54 Å². The third-order valence-corrected chi connectivity index (χ3v) is 1.81. The van der Waals surface area contributed by atoms with Gasteiger partial charge in [0.2, 0.25) is 0 Å². The molecule has 0 fully saturated rings. The number of rotatable bonds is 3. The van der Waals surface area contributed by atoms with E-state index in [4.69, 9.17) is 11.6 Å². The SMILES string of the molecule is CCNCc1cc(Cl)ccc1F. The van der Waals surface area contributed by atoms with Crippen molar-refractivity contribution in [3.63, 3.8) is 0 Å². The van der Waals surface area contributed by atoms with Crippen LogP contribution in [0.1, 0.15) is 12.5 Å². The molecule has 0 amide bonds. The molecular formula is C9H11ClFN. The molecule has 1 rings (SSSR count). The lowest BCUT2D eigenvalue weighted by molar-refractivity contribution is 0.593. The van der Waals surface area contributed by atoms with Crippen LogP contribution in [0.25, 0.3) is 0 Å². The Morgan fingerprint density at radius 3 is 2.92 bits per heavy atom. The summed E-state index contributed by atoms with van der Waals surface area (Å²) in [7, 11) is 0. The Labute approximate surface area is 76.5 Å². The largest absolute Gasteiger partial charge is 0.313 e. The van der Waals surface area contributed by atoms with Gasteiger partial charge in [-0.1, -0.05) is 18.5 Å². The van der Waals surface area contributed by atoms with Crippen molar-refractivity contribution in [2.45, 2.75) is 13.5 Å². The van der Waals surface area contributed by atoms with Crippen LogP contribution in [0.3, 0.4) is 0 Å².